The van der Waals surface area contributed by atoms with Crippen LogP contribution in [-0.2, 0) is 14.8 Å². The van der Waals surface area contributed by atoms with E-state index in [1.54, 1.807) is 4.90 Å². The fourth-order valence-electron chi connectivity index (χ4n) is 2.00. The standard InChI is InChI=1S/C12H16N2O4S/c15-10-5-1-2-6-11(10)19(17,18)13-9-12(16)14-7-3-4-8-14/h1-2,5-6,13,15H,3-4,7-9H2. The molecule has 0 saturated carbocycles. The summed E-state index contributed by atoms with van der Waals surface area (Å²) in [4.78, 5) is 13.2. The molecule has 1 aliphatic heterocycles. The number of hydrogen-bond acceptors (Lipinski definition) is 4. The normalized spacial score (nSPS) is 15.7. The van der Waals surface area contributed by atoms with Crippen molar-refractivity contribution in [2.24, 2.45) is 0 Å². The first-order valence-electron chi connectivity index (χ1n) is 6.06. The maximum absolute atomic E-state index is 11.9. The van der Waals surface area contributed by atoms with Crippen LogP contribution in [0.2, 0.25) is 0 Å². The molecule has 2 rings (SSSR count). The van der Waals surface area contributed by atoms with Gasteiger partial charge in [-0.3, -0.25) is 4.79 Å². The van der Waals surface area contributed by atoms with Crippen LogP contribution in [0.5, 0.6) is 5.75 Å². The summed E-state index contributed by atoms with van der Waals surface area (Å²) >= 11 is 0. The topological polar surface area (TPSA) is 86.7 Å². The van der Waals surface area contributed by atoms with E-state index in [2.05, 4.69) is 4.72 Å². The highest BCUT2D eigenvalue weighted by Gasteiger charge is 2.22. The van der Waals surface area contributed by atoms with Crippen molar-refractivity contribution in [1.82, 2.24) is 9.62 Å². The Morgan fingerprint density at radius 2 is 1.89 bits per heavy atom. The lowest BCUT2D eigenvalue weighted by Gasteiger charge is -2.15. The summed E-state index contributed by atoms with van der Waals surface area (Å²) in [6.45, 7) is 1.07. The second-order valence-corrected chi connectivity index (χ2v) is 6.12. The van der Waals surface area contributed by atoms with Crippen LogP contribution in [0.4, 0.5) is 0 Å². The van der Waals surface area contributed by atoms with Crippen molar-refractivity contribution in [3.63, 3.8) is 0 Å². The Labute approximate surface area is 112 Å². The molecular weight excluding hydrogens is 268 g/mol. The van der Waals surface area contributed by atoms with Crippen LogP contribution < -0.4 is 4.72 Å². The highest BCUT2D eigenvalue weighted by atomic mass is 32.2. The average Bonchev–Trinajstić information content (AvgIpc) is 2.90. The molecule has 1 saturated heterocycles. The predicted octanol–water partition coefficient (Wildman–Crippen LogP) is 0.293. The van der Waals surface area contributed by atoms with Crippen molar-refractivity contribution >= 4 is 15.9 Å². The number of para-hydroxylation sites is 1. The third kappa shape index (κ3) is 3.24. The number of nitrogens with one attached hydrogen (secondary N) is 1. The maximum atomic E-state index is 11.9. The molecule has 1 aliphatic rings. The zero-order chi connectivity index (χ0) is 13.9. The van der Waals surface area contributed by atoms with Crippen LogP contribution in [0, 0.1) is 0 Å². The van der Waals surface area contributed by atoms with Gasteiger partial charge in [-0.05, 0) is 25.0 Å². The molecule has 0 unspecified atom stereocenters. The van der Waals surface area contributed by atoms with Gasteiger partial charge in [-0.2, -0.15) is 0 Å². The Bertz CT molecular complexity index is 565. The van der Waals surface area contributed by atoms with E-state index in [9.17, 15) is 18.3 Å². The van der Waals surface area contributed by atoms with Gasteiger partial charge in [0.05, 0.1) is 6.54 Å². The van der Waals surface area contributed by atoms with E-state index in [0.717, 1.165) is 12.8 Å². The van der Waals surface area contributed by atoms with E-state index in [-0.39, 0.29) is 23.1 Å². The number of carbonyl (C=O) groups excluding carboxylic acids is 1. The number of likely N-dealkylation sites (tertiary alicyclic amines) is 1. The molecule has 1 aromatic rings. The Balaban J connectivity index is 2.02. The smallest absolute Gasteiger partial charge is 0.244 e. The average molecular weight is 284 g/mol. The summed E-state index contributed by atoms with van der Waals surface area (Å²) in [6, 6.07) is 5.62. The van der Waals surface area contributed by atoms with E-state index in [1.165, 1.54) is 24.3 Å². The minimum absolute atomic E-state index is 0.218. The van der Waals surface area contributed by atoms with Crippen molar-refractivity contribution in [2.45, 2.75) is 17.7 Å². The van der Waals surface area contributed by atoms with Gasteiger partial charge in [-0.15, -0.1) is 0 Å². The number of rotatable bonds is 4. The van der Waals surface area contributed by atoms with Crippen molar-refractivity contribution in [3.05, 3.63) is 24.3 Å². The summed E-state index contributed by atoms with van der Waals surface area (Å²) in [7, 11) is -3.86. The molecular formula is C12H16N2O4S. The maximum Gasteiger partial charge on any atom is 0.244 e. The molecule has 0 spiro atoms. The van der Waals surface area contributed by atoms with Gasteiger partial charge in [0.2, 0.25) is 15.9 Å². The van der Waals surface area contributed by atoms with Crippen LogP contribution in [0.3, 0.4) is 0 Å². The lowest BCUT2D eigenvalue weighted by molar-refractivity contribution is -0.128. The van der Waals surface area contributed by atoms with Crippen molar-refractivity contribution in [1.29, 1.82) is 0 Å². The number of hydrogen-bond donors (Lipinski definition) is 2. The largest absolute Gasteiger partial charge is 0.507 e. The zero-order valence-corrected chi connectivity index (χ0v) is 11.2. The molecule has 0 atom stereocenters. The van der Waals surface area contributed by atoms with Crippen molar-refractivity contribution < 1.29 is 18.3 Å². The number of nitrogens with zero attached hydrogens (tertiary/aromatic N) is 1. The number of phenolic OH excluding ortho intramolecular Hbond substituents is 1. The van der Waals surface area contributed by atoms with E-state index in [0.29, 0.717) is 13.1 Å². The van der Waals surface area contributed by atoms with Crippen LogP contribution in [0.15, 0.2) is 29.2 Å². The predicted molar refractivity (Wildman–Crippen MR) is 69.1 cm³/mol. The Morgan fingerprint density at radius 1 is 1.26 bits per heavy atom. The number of sulfonamides is 1. The summed E-state index contributed by atoms with van der Waals surface area (Å²) in [6.07, 6.45) is 1.91. The number of phenols is 1. The van der Waals surface area contributed by atoms with Crippen LogP contribution in [-0.4, -0.2) is 44.0 Å². The fourth-order valence-corrected chi connectivity index (χ4v) is 3.07. The summed E-state index contributed by atoms with van der Waals surface area (Å²) in [5, 5.41) is 9.51. The number of benzene rings is 1. The van der Waals surface area contributed by atoms with Crippen LogP contribution in [0.1, 0.15) is 12.8 Å². The van der Waals surface area contributed by atoms with Gasteiger partial charge in [0, 0.05) is 13.1 Å². The van der Waals surface area contributed by atoms with Gasteiger partial charge < -0.3 is 10.0 Å². The molecule has 0 bridgehead atoms. The lowest BCUT2D eigenvalue weighted by Crippen LogP contribution is -2.38. The summed E-state index contributed by atoms with van der Waals surface area (Å²) in [5.41, 5.74) is 0. The molecule has 0 radical (unpaired) electrons. The van der Waals surface area contributed by atoms with Crippen molar-refractivity contribution in [2.75, 3.05) is 19.6 Å². The molecule has 7 heteroatoms. The van der Waals surface area contributed by atoms with Crippen molar-refractivity contribution in [3.8, 4) is 5.75 Å². The minimum Gasteiger partial charge on any atom is -0.507 e. The van der Waals surface area contributed by atoms with Gasteiger partial charge in [0.1, 0.15) is 10.6 Å². The quantitative estimate of drug-likeness (QED) is 0.832. The molecule has 1 heterocycles. The molecule has 1 aromatic carbocycles. The number of amides is 1. The molecule has 6 nitrogen and oxygen atoms in total. The molecule has 1 amide bonds. The van der Waals surface area contributed by atoms with E-state index in [1.807, 2.05) is 0 Å². The first-order chi connectivity index (χ1) is 9.00. The Kier molecular flexibility index (Phi) is 4.06. The monoisotopic (exact) mass is 284 g/mol. The first kappa shape index (κ1) is 13.8. The second kappa shape index (κ2) is 5.58. The summed E-state index contributed by atoms with van der Waals surface area (Å²) in [5.74, 6) is -0.569. The summed E-state index contributed by atoms with van der Waals surface area (Å²) < 4.78 is 26.1. The van der Waals surface area contributed by atoms with E-state index in [4.69, 9.17) is 0 Å². The SMILES string of the molecule is O=C(CNS(=O)(=O)c1ccccc1O)N1CCCC1. The zero-order valence-electron chi connectivity index (χ0n) is 10.4. The molecule has 104 valence electrons. The molecule has 0 aromatic heterocycles. The second-order valence-electron chi connectivity index (χ2n) is 4.38. The van der Waals surface area contributed by atoms with Gasteiger partial charge in [0.15, 0.2) is 0 Å². The molecule has 2 N–H and O–H groups in total. The molecule has 1 fully saturated rings. The number of carbonyl (C=O) groups is 1. The number of aromatic hydroxyl groups is 1. The van der Waals surface area contributed by atoms with Gasteiger partial charge in [0.25, 0.3) is 0 Å². The highest BCUT2D eigenvalue weighted by Crippen LogP contribution is 2.20. The molecule has 0 aliphatic carbocycles. The van der Waals surface area contributed by atoms with Crippen LogP contribution >= 0.6 is 0 Å². The van der Waals surface area contributed by atoms with Gasteiger partial charge >= 0.3 is 0 Å². The minimum atomic E-state index is -3.86. The van der Waals surface area contributed by atoms with Gasteiger partial charge in [-0.1, -0.05) is 12.1 Å². The van der Waals surface area contributed by atoms with Crippen LogP contribution in [0.25, 0.3) is 0 Å². The lowest BCUT2D eigenvalue weighted by atomic mass is 10.3. The first-order valence-corrected chi connectivity index (χ1v) is 7.54. The van der Waals surface area contributed by atoms with E-state index >= 15 is 0 Å². The van der Waals surface area contributed by atoms with Gasteiger partial charge in [-0.25, -0.2) is 13.1 Å². The Morgan fingerprint density at radius 3 is 2.53 bits per heavy atom. The Hall–Kier alpha value is -1.60. The third-order valence-electron chi connectivity index (χ3n) is 3.03. The third-order valence-corrected chi connectivity index (χ3v) is 4.48. The highest BCUT2D eigenvalue weighted by molar-refractivity contribution is 7.89. The van der Waals surface area contributed by atoms with E-state index < -0.39 is 10.0 Å². The fraction of sp³-hybridized carbons (Fsp3) is 0.417. The molecule has 19 heavy (non-hydrogen) atoms.